The van der Waals surface area contributed by atoms with E-state index in [-0.39, 0.29) is 6.04 Å². The van der Waals surface area contributed by atoms with Crippen molar-refractivity contribution in [1.29, 1.82) is 0 Å². The van der Waals surface area contributed by atoms with E-state index in [0.717, 1.165) is 22.4 Å². The van der Waals surface area contributed by atoms with Crippen LogP contribution in [0.25, 0.3) is 0 Å². The Balaban J connectivity index is 2.47. The number of ether oxygens (including phenoxy) is 3. The largest absolute Gasteiger partial charge is 0.497 e. The Labute approximate surface area is 125 Å². The summed E-state index contributed by atoms with van der Waals surface area (Å²) in [7, 11) is 4.89. The molecular formula is C17H21NO3. The highest BCUT2D eigenvalue weighted by atomic mass is 16.5. The van der Waals surface area contributed by atoms with Gasteiger partial charge in [-0.3, -0.25) is 0 Å². The topological polar surface area (TPSA) is 53.7 Å². The molecule has 21 heavy (non-hydrogen) atoms. The number of rotatable bonds is 5. The molecule has 112 valence electrons. The lowest BCUT2D eigenvalue weighted by molar-refractivity contribution is 0.350. The van der Waals surface area contributed by atoms with Crippen molar-refractivity contribution in [2.75, 3.05) is 21.3 Å². The molecule has 0 fully saturated rings. The Morgan fingerprint density at radius 1 is 0.905 bits per heavy atom. The van der Waals surface area contributed by atoms with Crippen LogP contribution in [0.3, 0.4) is 0 Å². The molecule has 1 atom stereocenters. The van der Waals surface area contributed by atoms with E-state index < -0.39 is 0 Å². The summed E-state index contributed by atoms with van der Waals surface area (Å²) in [6.07, 6.45) is 0. The van der Waals surface area contributed by atoms with Gasteiger partial charge in [-0.15, -0.1) is 0 Å². The molecule has 0 bridgehead atoms. The van der Waals surface area contributed by atoms with Gasteiger partial charge in [0.2, 0.25) is 0 Å². The normalized spacial score (nSPS) is 11.9. The lowest BCUT2D eigenvalue weighted by Crippen LogP contribution is -2.14. The van der Waals surface area contributed by atoms with Gasteiger partial charge in [0, 0.05) is 5.56 Å². The van der Waals surface area contributed by atoms with E-state index >= 15 is 0 Å². The van der Waals surface area contributed by atoms with Crippen molar-refractivity contribution in [1.82, 2.24) is 0 Å². The highest BCUT2D eigenvalue weighted by Gasteiger charge is 2.19. The summed E-state index contributed by atoms with van der Waals surface area (Å²) in [5.74, 6) is 2.17. The molecule has 2 aromatic carbocycles. The predicted octanol–water partition coefficient (Wildman–Crippen LogP) is 3.07. The maximum Gasteiger partial charge on any atom is 0.165 e. The number of methoxy groups -OCH3 is 3. The Morgan fingerprint density at radius 2 is 1.67 bits per heavy atom. The molecule has 0 aliphatic rings. The quantitative estimate of drug-likeness (QED) is 0.918. The number of benzene rings is 2. The molecule has 2 N–H and O–H groups in total. The fraction of sp³-hybridized carbons (Fsp3) is 0.294. The van der Waals surface area contributed by atoms with E-state index in [9.17, 15) is 0 Å². The van der Waals surface area contributed by atoms with Crippen LogP contribution >= 0.6 is 0 Å². The summed E-state index contributed by atoms with van der Waals surface area (Å²) in [6, 6.07) is 11.3. The zero-order valence-corrected chi connectivity index (χ0v) is 12.8. The number of aryl methyl sites for hydroxylation is 1. The van der Waals surface area contributed by atoms with Gasteiger partial charge >= 0.3 is 0 Å². The fourth-order valence-electron chi connectivity index (χ4n) is 2.45. The van der Waals surface area contributed by atoms with Gasteiger partial charge in [0.1, 0.15) is 5.75 Å². The van der Waals surface area contributed by atoms with Crippen LogP contribution in [0.15, 0.2) is 36.4 Å². The minimum Gasteiger partial charge on any atom is -0.497 e. The third-order valence-corrected chi connectivity index (χ3v) is 3.58. The lowest BCUT2D eigenvalue weighted by atomic mass is 9.94. The molecule has 2 aromatic rings. The summed E-state index contributed by atoms with van der Waals surface area (Å²) >= 11 is 0. The second kappa shape index (κ2) is 6.50. The number of hydrogen-bond donors (Lipinski definition) is 1. The molecule has 0 aliphatic carbocycles. The summed E-state index contributed by atoms with van der Waals surface area (Å²) < 4.78 is 16.0. The monoisotopic (exact) mass is 287 g/mol. The molecule has 4 heteroatoms. The smallest absolute Gasteiger partial charge is 0.165 e. The van der Waals surface area contributed by atoms with Gasteiger partial charge in [0.05, 0.1) is 27.4 Å². The van der Waals surface area contributed by atoms with Crippen LogP contribution in [-0.2, 0) is 0 Å². The molecule has 0 saturated heterocycles. The summed E-state index contributed by atoms with van der Waals surface area (Å²) in [6.45, 7) is 2.02. The average molecular weight is 287 g/mol. The first-order valence-electron chi connectivity index (χ1n) is 6.73. The highest BCUT2D eigenvalue weighted by Crippen LogP contribution is 2.37. The number of para-hydroxylation sites is 1. The Hall–Kier alpha value is -2.20. The van der Waals surface area contributed by atoms with Crippen molar-refractivity contribution < 1.29 is 14.2 Å². The van der Waals surface area contributed by atoms with Crippen molar-refractivity contribution >= 4 is 0 Å². The van der Waals surface area contributed by atoms with Gasteiger partial charge in [0.15, 0.2) is 11.5 Å². The molecule has 1 unspecified atom stereocenters. The first-order valence-corrected chi connectivity index (χ1v) is 6.73. The number of nitrogens with two attached hydrogens (primary N) is 1. The molecule has 0 aliphatic heterocycles. The molecule has 4 nitrogen and oxygen atoms in total. The minimum atomic E-state index is -0.291. The van der Waals surface area contributed by atoms with E-state index in [4.69, 9.17) is 19.9 Å². The first kappa shape index (κ1) is 15.2. The highest BCUT2D eigenvalue weighted by molar-refractivity contribution is 5.52. The maximum atomic E-state index is 6.43. The Morgan fingerprint density at radius 3 is 2.24 bits per heavy atom. The summed E-state index contributed by atoms with van der Waals surface area (Å²) in [5.41, 5.74) is 9.43. The van der Waals surface area contributed by atoms with Crippen LogP contribution in [0.2, 0.25) is 0 Å². The van der Waals surface area contributed by atoms with Crippen LogP contribution < -0.4 is 19.9 Å². The zero-order valence-electron chi connectivity index (χ0n) is 12.8. The van der Waals surface area contributed by atoms with Gasteiger partial charge in [-0.25, -0.2) is 0 Å². The second-order valence-corrected chi connectivity index (χ2v) is 4.78. The van der Waals surface area contributed by atoms with Gasteiger partial charge < -0.3 is 19.9 Å². The lowest BCUT2D eigenvalue weighted by Gasteiger charge is -2.20. The van der Waals surface area contributed by atoms with E-state index in [1.165, 1.54) is 0 Å². The first-order chi connectivity index (χ1) is 10.1. The maximum absolute atomic E-state index is 6.43. The van der Waals surface area contributed by atoms with Crippen molar-refractivity contribution in [3.8, 4) is 17.2 Å². The zero-order chi connectivity index (χ0) is 15.4. The van der Waals surface area contributed by atoms with E-state index in [2.05, 4.69) is 0 Å². The second-order valence-electron chi connectivity index (χ2n) is 4.78. The van der Waals surface area contributed by atoms with Crippen molar-refractivity contribution in [3.63, 3.8) is 0 Å². The molecule has 0 heterocycles. The van der Waals surface area contributed by atoms with Crippen LogP contribution in [0.4, 0.5) is 0 Å². The molecule has 0 radical (unpaired) electrons. The predicted molar refractivity (Wildman–Crippen MR) is 83.3 cm³/mol. The summed E-state index contributed by atoms with van der Waals surface area (Å²) in [4.78, 5) is 0. The molecule has 0 aromatic heterocycles. The third kappa shape index (κ3) is 2.95. The van der Waals surface area contributed by atoms with Gasteiger partial charge in [-0.1, -0.05) is 18.2 Å². The molecule has 2 rings (SSSR count). The van der Waals surface area contributed by atoms with E-state index in [1.54, 1.807) is 21.3 Å². The number of hydrogen-bond acceptors (Lipinski definition) is 4. The van der Waals surface area contributed by atoms with Gasteiger partial charge in [-0.05, 0) is 36.2 Å². The van der Waals surface area contributed by atoms with Crippen molar-refractivity contribution in [2.24, 2.45) is 5.73 Å². The minimum absolute atomic E-state index is 0.291. The van der Waals surface area contributed by atoms with Crippen LogP contribution in [0.5, 0.6) is 17.2 Å². The van der Waals surface area contributed by atoms with E-state index in [1.807, 2.05) is 43.3 Å². The van der Waals surface area contributed by atoms with E-state index in [0.29, 0.717) is 11.5 Å². The van der Waals surface area contributed by atoms with Crippen LogP contribution in [0, 0.1) is 6.92 Å². The molecular weight excluding hydrogens is 266 g/mol. The van der Waals surface area contributed by atoms with Crippen molar-refractivity contribution in [3.05, 3.63) is 53.1 Å². The third-order valence-electron chi connectivity index (χ3n) is 3.58. The Kier molecular flexibility index (Phi) is 4.70. The van der Waals surface area contributed by atoms with Crippen molar-refractivity contribution in [2.45, 2.75) is 13.0 Å². The van der Waals surface area contributed by atoms with Crippen LogP contribution in [-0.4, -0.2) is 21.3 Å². The molecule has 0 amide bonds. The summed E-state index contributed by atoms with van der Waals surface area (Å²) in [5, 5.41) is 0. The molecule has 0 spiro atoms. The standard InChI is InChI=1S/C17H21NO3/c1-11-10-12(19-2)8-9-13(11)16(18)14-6-5-7-15(20-3)17(14)21-4/h5-10,16H,18H2,1-4H3. The van der Waals surface area contributed by atoms with Gasteiger partial charge in [0.25, 0.3) is 0 Å². The SMILES string of the molecule is COc1ccc(C(N)c2cccc(OC)c2OC)c(C)c1. The van der Waals surface area contributed by atoms with Gasteiger partial charge in [-0.2, -0.15) is 0 Å². The molecule has 0 saturated carbocycles. The Bertz CT molecular complexity index is 625. The fourth-order valence-corrected chi connectivity index (χ4v) is 2.45. The average Bonchev–Trinajstić information content (AvgIpc) is 2.53. The van der Waals surface area contributed by atoms with Crippen LogP contribution in [0.1, 0.15) is 22.7 Å².